The molecule has 1 amide bonds. The van der Waals surface area contributed by atoms with Crippen LogP contribution in [0, 0.1) is 0 Å². The van der Waals surface area contributed by atoms with Crippen LogP contribution in [-0.2, 0) is 18.4 Å². The summed E-state index contributed by atoms with van der Waals surface area (Å²) in [5.74, 6) is -0.198. The second kappa shape index (κ2) is 36.8. The molecule has 0 saturated carbocycles. The molecule has 0 aliphatic heterocycles. The smallest absolute Gasteiger partial charge is 0.387 e. The number of amides is 1. The van der Waals surface area contributed by atoms with Crippen molar-refractivity contribution in [1.82, 2.24) is 5.32 Å². The van der Waals surface area contributed by atoms with Gasteiger partial charge in [0.25, 0.3) is 0 Å². The minimum absolute atomic E-state index is 0.0789. The van der Waals surface area contributed by atoms with E-state index in [0.717, 1.165) is 38.5 Å². The molecule has 1 unspecified atom stereocenters. The Bertz CT molecular complexity index is 825. The van der Waals surface area contributed by atoms with E-state index in [1.165, 1.54) is 135 Å². The molecule has 290 valence electrons. The number of hydrogen-bond acceptors (Lipinski definition) is 6. The number of aliphatic hydroxyl groups excluding tert-OH is 1. The maximum Gasteiger partial charge on any atom is 0.472 e. The van der Waals surface area contributed by atoms with Crippen LogP contribution in [0.25, 0.3) is 0 Å². The molecular formula is C40H79N2O6P. The van der Waals surface area contributed by atoms with Crippen molar-refractivity contribution in [3.63, 3.8) is 0 Å². The normalized spacial score (nSPS) is 14.5. The van der Waals surface area contributed by atoms with Gasteiger partial charge in [0.2, 0.25) is 5.91 Å². The van der Waals surface area contributed by atoms with Gasteiger partial charge in [-0.3, -0.25) is 13.8 Å². The first-order chi connectivity index (χ1) is 23.9. The van der Waals surface area contributed by atoms with E-state index < -0.39 is 20.0 Å². The van der Waals surface area contributed by atoms with E-state index >= 15 is 0 Å². The van der Waals surface area contributed by atoms with Gasteiger partial charge >= 0.3 is 7.82 Å². The van der Waals surface area contributed by atoms with Crippen molar-refractivity contribution in [2.24, 2.45) is 5.73 Å². The molecule has 0 aromatic heterocycles. The largest absolute Gasteiger partial charge is 0.472 e. The van der Waals surface area contributed by atoms with E-state index in [1.54, 1.807) is 6.08 Å². The third kappa shape index (κ3) is 35.2. The molecule has 0 saturated heterocycles. The number of nitrogens with two attached hydrogens (primary N) is 1. The van der Waals surface area contributed by atoms with Gasteiger partial charge in [0, 0.05) is 13.0 Å². The van der Waals surface area contributed by atoms with Crippen molar-refractivity contribution >= 4 is 13.7 Å². The number of carbonyl (C=O) groups excluding carboxylic acids is 1. The number of hydrogen-bond donors (Lipinski definition) is 4. The molecule has 0 aromatic carbocycles. The molecule has 0 rings (SSSR count). The molecule has 0 fully saturated rings. The number of carbonyl (C=O) groups is 1. The van der Waals surface area contributed by atoms with Gasteiger partial charge in [-0.05, 0) is 44.9 Å². The molecule has 0 aromatic rings. The highest BCUT2D eigenvalue weighted by Gasteiger charge is 2.26. The number of allylic oxidation sites excluding steroid dienone is 3. The van der Waals surface area contributed by atoms with Gasteiger partial charge in [0.15, 0.2) is 0 Å². The first-order valence-corrected chi connectivity index (χ1v) is 22.0. The Balaban J connectivity index is 4.18. The molecule has 0 aliphatic rings. The van der Waals surface area contributed by atoms with Crippen molar-refractivity contribution in [3.05, 3.63) is 24.3 Å². The molecule has 0 aliphatic carbocycles. The van der Waals surface area contributed by atoms with E-state index in [1.807, 2.05) is 6.08 Å². The van der Waals surface area contributed by atoms with Crippen LogP contribution in [0.1, 0.15) is 194 Å². The lowest BCUT2D eigenvalue weighted by Gasteiger charge is -2.23. The van der Waals surface area contributed by atoms with Gasteiger partial charge in [0.1, 0.15) is 0 Å². The first-order valence-electron chi connectivity index (χ1n) is 20.5. The minimum Gasteiger partial charge on any atom is -0.387 e. The Morgan fingerprint density at radius 3 is 1.51 bits per heavy atom. The molecule has 3 atom stereocenters. The number of aliphatic hydroxyl groups is 1. The van der Waals surface area contributed by atoms with Crippen LogP contribution in [0.2, 0.25) is 0 Å². The summed E-state index contributed by atoms with van der Waals surface area (Å²) in [6.07, 6.45) is 40.8. The summed E-state index contributed by atoms with van der Waals surface area (Å²) in [7, 11) is -4.33. The van der Waals surface area contributed by atoms with E-state index in [2.05, 4.69) is 31.3 Å². The van der Waals surface area contributed by atoms with E-state index in [0.29, 0.717) is 6.42 Å². The van der Waals surface area contributed by atoms with Crippen LogP contribution in [0.15, 0.2) is 24.3 Å². The van der Waals surface area contributed by atoms with Crippen molar-refractivity contribution in [2.45, 2.75) is 206 Å². The lowest BCUT2D eigenvalue weighted by atomic mass is 10.0. The molecule has 0 heterocycles. The highest BCUT2D eigenvalue weighted by atomic mass is 31.2. The van der Waals surface area contributed by atoms with Crippen LogP contribution < -0.4 is 11.1 Å². The third-order valence-electron chi connectivity index (χ3n) is 9.02. The zero-order valence-corrected chi connectivity index (χ0v) is 32.8. The van der Waals surface area contributed by atoms with Crippen molar-refractivity contribution in [2.75, 3.05) is 19.8 Å². The van der Waals surface area contributed by atoms with E-state index in [-0.39, 0.29) is 25.7 Å². The first kappa shape index (κ1) is 48.0. The summed E-state index contributed by atoms with van der Waals surface area (Å²) in [5.41, 5.74) is 5.36. The zero-order valence-electron chi connectivity index (χ0n) is 31.9. The average Bonchev–Trinajstić information content (AvgIpc) is 3.09. The van der Waals surface area contributed by atoms with Crippen LogP contribution in [0.4, 0.5) is 0 Å². The molecule has 8 nitrogen and oxygen atoms in total. The maximum absolute atomic E-state index is 12.7. The van der Waals surface area contributed by atoms with Gasteiger partial charge in [0.05, 0.1) is 25.4 Å². The van der Waals surface area contributed by atoms with Gasteiger partial charge < -0.3 is 21.1 Å². The fourth-order valence-electron chi connectivity index (χ4n) is 5.89. The highest BCUT2D eigenvalue weighted by molar-refractivity contribution is 7.47. The summed E-state index contributed by atoms with van der Waals surface area (Å²) < 4.78 is 22.0. The van der Waals surface area contributed by atoms with Crippen molar-refractivity contribution in [1.29, 1.82) is 0 Å². The van der Waals surface area contributed by atoms with Crippen molar-refractivity contribution in [3.8, 4) is 0 Å². The van der Waals surface area contributed by atoms with Crippen LogP contribution in [0.3, 0.4) is 0 Å². The zero-order chi connectivity index (χ0) is 36.1. The molecule has 0 bridgehead atoms. The molecule has 49 heavy (non-hydrogen) atoms. The van der Waals surface area contributed by atoms with Crippen LogP contribution >= 0.6 is 7.82 Å². The topological polar surface area (TPSA) is 131 Å². The fraction of sp³-hybridized carbons (Fsp3) is 0.875. The van der Waals surface area contributed by atoms with E-state index in [4.69, 9.17) is 14.8 Å². The number of nitrogens with one attached hydrogen (secondary N) is 1. The predicted molar refractivity (Wildman–Crippen MR) is 208 cm³/mol. The number of unbranched alkanes of at least 4 members (excludes halogenated alkanes) is 24. The number of phosphoric acid groups is 1. The third-order valence-corrected chi connectivity index (χ3v) is 10.0. The summed E-state index contributed by atoms with van der Waals surface area (Å²) in [4.78, 5) is 22.6. The summed E-state index contributed by atoms with van der Waals surface area (Å²) in [6, 6.07) is -0.857. The van der Waals surface area contributed by atoms with Gasteiger partial charge in [-0.1, -0.05) is 167 Å². The summed E-state index contributed by atoms with van der Waals surface area (Å²) in [5, 5.41) is 13.6. The van der Waals surface area contributed by atoms with Crippen LogP contribution in [0.5, 0.6) is 0 Å². The second-order valence-corrected chi connectivity index (χ2v) is 15.3. The van der Waals surface area contributed by atoms with Crippen molar-refractivity contribution < 1.29 is 28.4 Å². The van der Waals surface area contributed by atoms with Gasteiger partial charge in [-0.2, -0.15) is 0 Å². The predicted octanol–water partition coefficient (Wildman–Crippen LogP) is 11.0. The number of phosphoric ester groups is 1. The maximum atomic E-state index is 12.7. The molecule has 5 N–H and O–H groups in total. The Kier molecular flexibility index (Phi) is 36.0. The fourth-order valence-corrected chi connectivity index (χ4v) is 6.65. The minimum atomic E-state index is -4.33. The second-order valence-electron chi connectivity index (χ2n) is 13.8. The highest BCUT2D eigenvalue weighted by Crippen LogP contribution is 2.43. The number of rotatable bonds is 38. The lowest BCUT2D eigenvalue weighted by Crippen LogP contribution is -2.45. The Morgan fingerprint density at radius 2 is 1.06 bits per heavy atom. The standard InChI is InChI=1S/C40H79N2O6P/c1-3-5-7-9-11-13-15-16-17-18-19-20-21-22-24-26-28-30-32-34-40(44)42-38(37-48-49(45,46)47-36-35-41)39(43)33-31-29-27-25-23-14-12-10-8-6-4-2/h16-17,31,33,38-39,43H,3-15,18-30,32,34-37,41H2,1-2H3,(H,42,44)(H,45,46)/b17-16-,33-31+/t38-,39+/m0/s1. The van der Waals surface area contributed by atoms with Crippen LogP contribution in [-0.4, -0.2) is 47.8 Å². The van der Waals surface area contributed by atoms with Gasteiger partial charge in [-0.15, -0.1) is 0 Å². The Morgan fingerprint density at radius 1 is 0.653 bits per heavy atom. The SMILES string of the molecule is CCCCCCCC/C=C\CCCCCCCCCCCC(=O)N[C@@H](COP(=O)(O)OCCN)[C@H](O)/C=C/CCCCCCCCCCC. The molecule has 0 radical (unpaired) electrons. The van der Waals surface area contributed by atoms with E-state index in [9.17, 15) is 19.4 Å². The Labute approximate surface area is 302 Å². The molecular weight excluding hydrogens is 635 g/mol. The monoisotopic (exact) mass is 715 g/mol. The lowest BCUT2D eigenvalue weighted by molar-refractivity contribution is -0.123. The average molecular weight is 715 g/mol. The Hall–Kier alpha value is -1.02. The van der Waals surface area contributed by atoms with Gasteiger partial charge in [-0.25, -0.2) is 4.57 Å². The molecule has 9 heteroatoms. The quantitative estimate of drug-likeness (QED) is 0.0284. The molecule has 0 spiro atoms. The summed E-state index contributed by atoms with van der Waals surface area (Å²) in [6.45, 7) is 4.11. The summed E-state index contributed by atoms with van der Waals surface area (Å²) >= 11 is 0.